The molecule has 0 unspecified atom stereocenters. The van der Waals surface area contributed by atoms with Crippen LogP contribution >= 0.6 is 0 Å². The van der Waals surface area contributed by atoms with Gasteiger partial charge in [0.25, 0.3) is 5.91 Å². The predicted octanol–water partition coefficient (Wildman–Crippen LogP) is 2.80. The number of carbonyl (C=O) groups is 2. The first-order valence-corrected chi connectivity index (χ1v) is 6.73. The first-order chi connectivity index (χ1) is 11.0. The molecule has 2 rings (SSSR count). The number of halogens is 1. The van der Waals surface area contributed by atoms with E-state index < -0.39 is 24.3 Å². The van der Waals surface area contributed by atoms with E-state index in [0.29, 0.717) is 5.56 Å². The van der Waals surface area contributed by atoms with Crippen LogP contribution in [-0.4, -0.2) is 18.5 Å². The summed E-state index contributed by atoms with van der Waals surface area (Å²) < 4.78 is 18.4. The number of benzene rings is 2. The molecule has 1 N–H and O–H groups in total. The fourth-order valence-corrected chi connectivity index (χ4v) is 1.80. The van der Waals surface area contributed by atoms with Gasteiger partial charge in [-0.2, -0.15) is 5.26 Å². The first kappa shape index (κ1) is 16.2. The molecule has 116 valence electrons. The second kappa shape index (κ2) is 7.18. The van der Waals surface area contributed by atoms with Crippen LogP contribution in [0.4, 0.5) is 10.1 Å². The van der Waals surface area contributed by atoms with Crippen LogP contribution in [0.2, 0.25) is 0 Å². The van der Waals surface area contributed by atoms with Crippen LogP contribution < -0.4 is 5.32 Å². The van der Waals surface area contributed by atoms with Gasteiger partial charge in [0.2, 0.25) is 0 Å². The number of ether oxygens (including phenoxy) is 1. The van der Waals surface area contributed by atoms with Crippen molar-refractivity contribution in [3.05, 3.63) is 65.0 Å². The summed E-state index contributed by atoms with van der Waals surface area (Å²) in [5.41, 5.74) is 1.38. The minimum Gasteiger partial charge on any atom is -0.452 e. The summed E-state index contributed by atoms with van der Waals surface area (Å²) in [5.74, 6) is -1.90. The minimum absolute atomic E-state index is 0.0232. The van der Waals surface area contributed by atoms with E-state index in [4.69, 9.17) is 10.00 Å². The van der Waals surface area contributed by atoms with Gasteiger partial charge < -0.3 is 10.1 Å². The number of nitrogens with zero attached hydrogens (tertiary/aromatic N) is 1. The van der Waals surface area contributed by atoms with Crippen molar-refractivity contribution in [3.8, 4) is 6.07 Å². The van der Waals surface area contributed by atoms with Gasteiger partial charge in [-0.05, 0) is 48.9 Å². The summed E-state index contributed by atoms with van der Waals surface area (Å²) in [6.45, 7) is 1.19. The van der Waals surface area contributed by atoms with Gasteiger partial charge in [0.15, 0.2) is 6.61 Å². The molecule has 0 aromatic heterocycles. The molecule has 2 aromatic rings. The molecule has 0 aliphatic heterocycles. The molecule has 0 atom stereocenters. The fraction of sp³-hybridized carbons (Fsp3) is 0.118. The Bertz CT molecular complexity index is 779. The van der Waals surface area contributed by atoms with E-state index in [1.807, 2.05) is 6.07 Å². The average Bonchev–Trinajstić information content (AvgIpc) is 2.55. The minimum atomic E-state index is -0.700. The monoisotopic (exact) mass is 312 g/mol. The zero-order valence-electron chi connectivity index (χ0n) is 12.3. The number of aryl methyl sites for hydroxylation is 1. The van der Waals surface area contributed by atoms with Crippen LogP contribution in [0.5, 0.6) is 0 Å². The molecule has 5 nitrogen and oxygen atoms in total. The maximum Gasteiger partial charge on any atom is 0.338 e. The molecule has 0 fully saturated rings. The highest BCUT2D eigenvalue weighted by Gasteiger charge is 2.12. The standard InChI is InChI=1S/C17H13FN2O3/c1-11-2-7-15(14(18)8-11)20-16(21)10-23-17(22)13-5-3-12(9-19)4-6-13/h2-8H,10H2,1H3,(H,20,21). The molecule has 0 heterocycles. The number of nitriles is 1. The van der Waals surface area contributed by atoms with Gasteiger partial charge in [0, 0.05) is 0 Å². The lowest BCUT2D eigenvalue weighted by atomic mass is 10.1. The molecule has 0 radical (unpaired) electrons. The van der Waals surface area contributed by atoms with Crippen LogP contribution in [0.3, 0.4) is 0 Å². The van der Waals surface area contributed by atoms with Gasteiger partial charge in [-0.1, -0.05) is 6.07 Å². The Labute approximate surface area is 132 Å². The summed E-state index contributed by atoms with van der Waals surface area (Å²) in [7, 11) is 0. The third-order valence-electron chi connectivity index (χ3n) is 2.98. The predicted molar refractivity (Wildman–Crippen MR) is 81.2 cm³/mol. The number of nitrogens with one attached hydrogen (secondary N) is 1. The Kier molecular flexibility index (Phi) is 5.05. The second-order valence-corrected chi connectivity index (χ2v) is 4.80. The van der Waals surface area contributed by atoms with Crippen molar-refractivity contribution < 1.29 is 18.7 Å². The molecule has 2 aromatic carbocycles. The zero-order chi connectivity index (χ0) is 16.8. The highest BCUT2D eigenvalue weighted by Crippen LogP contribution is 2.15. The van der Waals surface area contributed by atoms with Gasteiger partial charge >= 0.3 is 5.97 Å². The quantitative estimate of drug-likeness (QED) is 0.880. The van der Waals surface area contributed by atoms with Gasteiger partial charge in [-0.15, -0.1) is 0 Å². The molecule has 6 heteroatoms. The van der Waals surface area contributed by atoms with E-state index in [1.54, 1.807) is 13.0 Å². The van der Waals surface area contributed by atoms with Gasteiger partial charge in [-0.25, -0.2) is 9.18 Å². The van der Waals surface area contributed by atoms with E-state index in [1.165, 1.54) is 36.4 Å². The summed E-state index contributed by atoms with van der Waals surface area (Å²) in [6, 6.07) is 12.1. The van der Waals surface area contributed by atoms with Crippen LogP contribution in [0, 0.1) is 24.1 Å². The SMILES string of the molecule is Cc1ccc(NC(=O)COC(=O)c2ccc(C#N)cc2)c(F)c1. The molecule has 0 aliphatic rings. The van der Waals surface area contributed by atoms with Crippen molar-refractivity contribution >= 4 is 17.6 Å². The van der Waals surface area contributed by atoms with E-state index in [-0.39, 0.29) is 11.3 Å². The van der Waals surface area contributed by atoms with E-state index >= 15 is 0 Å². The lowest BCUT2D eigenvalue weighted by Gasteiger charge is -2.08. The lowest BCUT2D eigenvalue weighted by molar-refractivity contribution is -0.119. The Morgan fingerprint density at radius 3 is 2.52 bits per heavy atom. The third kappa shape index (κ3) is 4.38. The molecule has 0 bridgehead atoms. The van der Waals surface area contributed by atoms with Crippen molar-refractivity contribution in [1.29, 1.82) is 5.26 Å². The highest BCUT2D eigenvalue weighted by molar-refractivity contribution is 5.95. The van der Waals surface area contributed by atoms with E-state index in [9.17, 15) is 14.0 Å². The molecule has 23 heavy (non-hydrogen) atoms. The Balaban J connectivity index is 1.90. The number of carbonyl (C=O) groups excluding carboxylic acids is 2. The largest absolute Gasteiger partial charge is 0.452 e. The lowest BCUT2D eigenvalue weighted by Crippen LogP contribution is -2.21. The molecule has 0 spiro atoms. The Morgan fingerprint density at radius 1 is 1.22 bits per heavy atom. The molecular formula is C17H13FN2O3. The smallest absolute Gasteiger partial charge is 0.338 e. The topological polar surface area (TPSA) is 79.2 Å². The second-order valence-electron chi connectivity index (χ2n) is 4.80. The zero-order valence-corrected chi connectivity index (χ0v) is 12.3. The van der Waals surface area contributed by atoms with Crippen LogP contribution in [-0.2, 0) is 9.53 Å². The molecule has 0 saturated carbocycles. The van der Waals surface area contributed by atoms with Crippen molar-refractivity contribution in [2.24, 2.45) is 0 Å². The summed E-state index contributed by atoms with van der Waals surface area (Å²) in [4.78, 5) is 23.4. The van der Waals surface area contributed by atoms with Crippen LogP contribution in [0.25, 0.3) is 0 Å². The average molecular weight is 312 g/mol. The molecule has 0 saturated heterocycles. The van der Waals surface area contributed by atoms with Crippen molar-refractivity contribution in [3.63, 3.8) is 0 Å². The molecule has 0 aliphatic carbocycles. The summed E-state index contributed by atoms with van der Waals surface area (Å²) in [5, 5.41) is 11.0. The first-order valence-electron chi connectivity index (χ1n) is 6.73. The summed E-state index contributed by atoms with van der Waals surface area (Å²) >= 11 is 0. The third-order valence-corrected chi connectivity index (χ3v) is 2.98. The maximum atomic E-state index is 13.6. The van der Waals surface area contributed by atoms with Gasteiger partial charge in [0.1, 0.15) is 5.82 Å². The van der Waals surface area contributed by atoms with Crippen LogP contribution in [0.15, 0.2) is 42.5 Å². The Hall–Kier alpha value is -3.20. The van der Waals surface area contributed by atoms with E-state index in [0.717, 1.165) is 5.56 Å². The Morgan fingerprint density at radius 2 is 1.91 bits per heavy atom. The highest BCUT2D eigenvalue weighted by atomic mass is 19.1. The van der Waals surface area contributed by atoms with Crippen molar-refractivity contribution in [1.82, 2.24) is 0 Å². The van der Waals surface area contributed by atoms with Crippen molar-refractivity contribution in [2.75, 3.05) is 11.9 Å². The van der Waals surface area contributed by atoms with Crippen molar-refractivity contribution in [2.45, 2.75) is 6.92 Å². The molecular weight excluding hydrogens is 299 g/mol. The maximum absolute atomic E-state index is 13.6. The number of esters is 1. The summed E-state index contributed by atoms with van der Waals surface area (Å²) in [6.07, 6.45) is 0. The fourth-order valence-electron chi connectivity index (χ4n) is 1.80. The van der Waals surface area contributed by atoms with Gasteiger partial charge in [0.05, 0.1) is 22.9 Å². The number of anilines is 1. The normalized spacial score (nSPS) is 9.78. The number of hydrogen-bond donors (Lipinski definition) is 1. The van der Waals surface area contributed by atoms with Crippen LogP contribution in [0.1, 0.15) is 21.5 Å². The number of hydrogen-bond acceptors (Lipinski definition) is 4. The number of amides is 1. The van der Waals surface area contributed by atoms with E-state index in [2.05, 4.69) is 5.32 Å². The molecule has 1 amide bonds. The number of rotatable bonds is 4. The van der Waals surface area contributed by atoms with Gasteiger partial charge in [-0.3, -0.25) is 4.79 Å².